The number of hydrogen-bond donors (Lipinski definition) is 1. The van der Waals surface area contributed by atoms with Gasteiger partial charge < -0.3 is 9.88 Å². The van der Waals surface area contributed by atoms with E-state index in [-0.39, 0.29) is 10.6 Å². The van der Waals surface area contributed by atoms with Gasteiger partial charge in [0.05, 0.1) is 11.9 Å². The molecule has 22 heavy (non-hydrogen) atoms. The second kappa shape index (κ2) is 5.85. The summed E-state index contributed by atoms with van der Waals surface area (Å²) < 4.78 is 1.24. The topological polar surface area (TPSA) is 53.9 Å². The van der Waals surface area contributed by atoms with Gasteiger partial charge in [0.2, 0.25) is 0 Å². The Morgan fingerprint density at radius 2 is 2.14 bits per heavy atom. The first-order chi connectivity index (χ1) is 10.6. The van der Waals surface area contributed by atoms with Crippen LogP contribution >= 0.6 is 11.6 Å². The summed E-state index contributed by atoms with van der Waals surface area (Å²) in [4.78, 5) is 17.3. The molecule has 0 saturated heterocycles. The van der Waals surface area contributed by atoms with Crippen LogP contribution < -0.4 is 10.5 Å². The van der Waals surface area contributed by atoms with Crippen LogP contribution in [0.4, 0.5) is 5.69 Å². The minimum absolute atomic E-state index is 0.208. The zero-order valence-corrected chi connectivity index (χ0v) is 13.3. The second-order valence-electron chi connectivity index (χ2n) is 5.15. The van der Waals surface area contributed by atoms with E-state index in [1.165, 1.54) is 10.1 Å². The first kappa shape index (κ1) is 14.7. The summed E-state index contributed by atoms with van der Waals surface area (Å²) in [5, 5.41) is 5.45. The molecule has 1 aromatic carbocycles. The fraction of sp³-hybridized carbons (Fsp3) is 0.250. The van der Waals surface area contributed by atoms with E-state index in [0.29, 0.717) is 12.2 Å². The molecule has 0 radical (unpaired) electrons. The lowest BCUT2D eigenvalue weighted by atomic mass is 10.1. The molecule has 0 aliphatic heterocycles. The molecule has 0 unspecified atom stereocenters. The molecule has 5 nitrogen and oxygen atoms in total. The van der Waals surface area contributed by atoms with Gasteiger partial charge in [-0.05, 0) is 18.6 Å². The van der Waals surface area contributed by atoms with Gasteiger partial charge in [-0.25, -0.2) is 4.68 Å². The van der Waals surface area contributed by atoms with Crippen molar-refractivity contribution in [3.8, 4) is 0 Å². The van der Waals surface area contributed by atoms with Gasteiger partial charge in [0.1, 0.15) is 5.02 Å². The van der Waals surface area contributed by atoms with Crippen LogP contribution in [0.3, 0.4) is 0 Å². The van der Waals surface area contributed by atoms with Gasteiger partial charge >= 0.3 is 0 Å². The summed E-state index contributed by atoms with van der Waals surface area (Å²) in [6, 6.07) is 8.14. The fourth-order valence-corrected chi connectivity index (χ4v) is 2.85. The maximum atomic E-state index is 12.0. The van der Waals surface area contributed by atoms with E-state index >= 15 is 0 Å². The highest BCUT2D eigenvalue weighted by Gasteiger charge is 2.15. The summed E-state index contributed by atoms with van der Waals surface area (Å²) >= 11 is 6.21. The van der Waals surface area contributed by atoms with Gasteiger partial charge in [-0.1, -0.05) is 29.8 Å². The average molecular weight is 317 g/mol. The number of H-pyrrole nitrogens is 1. The Labute approximate surface area is 133 Å². The van der Waals surface area contributed by atoms with Crippen LogP contribution in [-0.4, -0.2) is 21.3 Å². The minimum atomic E-state index is -0.281. The zero-order chi connectivity index (χ0) is 15.7. The first-order valence-electron chi connectivity index (χ1n) is 7.13. The van der Waals surface area contributed by atoms with Crippen molar-refractivity contribution in [2.75, 3.05) is 11.4 Å². The Morgan fingerprint density at radius 1 is 1.36 bits per heavy atom. The fourth-order valence-electron chi connectivity index (χ4n) is 2.56. The molecule has 3 rings (SSSR count). The number of aromatic nitrogens is 3. The Bertz CT molecular complexity index is 868. The number of fused-ring (bicyclic) bond motifs is 1. The van der Waals surface area contributed by atoms with E-state index in [9.17, 15) is 4.79 Å². The van der Waals surface area contributed by atoms with Gasteiger partial charge in [-0.2, -0.15) is 5.10 Å². The van der Waals surface area contributed by atoms with E-state index in [1.54, 1.807) is 13.2 Å². The van der Waals surface area contributed by atoms with Crippen molar-refractivity contribution in [2.45, 2.75) is 13.5 Å². The quantitative estimate of drug-likeness (QED) is 0.805. The van der Waals surface area contributed by atoms with Gasteiger partial charge in [-0.3, -0.25) is 4.79 Å². The number of aromatic amines is 1. The van der Waals surface area contributed by atoms with E-state index in [4.69, 9.17) is 11.6 Å². The van der Waals surface area contributed by atoms with Gasteiger partial charge in [0.25, 0.3) is 5.56 Å². The smallest absolute Gasteiger partial charge is 0.287 e. The molecule has 0 spiro atoms. The second-order valence-corrected chi connectivity index (χ2v) is 5.52. The Hall–Kier alpha value is -2.27. The number of hydrogen-bond acceptors (Lipinski definition) is 3. The number of benzene rings is 1. The lowest BCUT2D eigenvalue weighted by Gasteiger charge is -2.23. The molecule has 0 amide bonds. The van der Waals surface area contributed by atoms with E-state index < -0.39 is 0 Å². The zero-order valence-electron chi connectivity index (χ0n) is 12.5. The Kier molecular flexibility index (Phi) is 3.90. The van der Waals surface area contributed by atoms with Crippen molar-refractivity contribution in [2.24, 2.45) is 7.05 Å². The summed E-state index contributed by atoms with van der Waals surface area (Å²) in [5.74, 6) is 0. The van der Waals surface area contributed by atoms with Crippen molar-refractivity contribution < 1.29 is 0 Å². The van der Waals surface area contributed by atoms with Crippen molar-refractivity contribution in [3.63, 3.8) is 0 Å². The highest BCUT2D eigenvalue weighted by atomic mass is 35.5. The number of nitrogens with one attached hydrogen (secondary N) is 1. The Balaban J connectivity index is 1.99. The van der Waals surface area contributed by atoms with Crippen LogP contribution in [0.15, 0.2) is 41.5 Å². The molecule has 0 fully saturated rings. The molecule has 3 aromatic rings. The number of anilines is 1. The average Bonchev–Trinajstić information content (AvgIpc) is 2.94. The molecular weight excluding hydrogens is 300 g/mol. The molecule has 114 valence electrons. The molecule has 0 aliphatic carbocycles. The molecule has 2 heterocycles. The summed E-state index contributed by atoms with van der Waals surface area (Å²) in [6.45, 7) is 3.42. The molecule has 1 N–H and O–H groups in total. The molecule has 0 bridgehead atoms. The lowest BCUT2D eigenvalue weighted by molar-refractivity contribution is 0.699. The maximum absolute atomic E-state index is 12.0. The summed E-state index contributed by atoms with van der Waals surface area (Å²) in [5.41, 5.74) is 2.64. The van der Waals surface area contributed by atoms with E-state index in [1.807, 2.05) is 36.2 Å². The van der Waals surface area contributed by atoms with Gasteiger partial charge in [0, 0.05) is 37.2 Å². The highest BCUT2D eigenvalue weighted by molar-refractivity contribution is 6.33. The van der Waals surface area contributed by atoms with Crippen LogP contribution in [0.25, 0.3) is 10.9 Å². The number of para-hydroxylation sites is 1. The third kappa shape index (κ3) is 2.48. The number of aryl methyl sites for hydroxylation is 1. The first-order valence-corrected chi connectivity index (χ1v) is 7.51. The van der Waals surface area contributed by atoms with Crippen LogP contribution in [0.5, 0.6) is 0 Å². The van der Waals surface area contributed by atoms with Crippen LogP contribution in [0.1, 0.15) is 12.5 Å². The van der Waals surface area contributed by atoms with Crippen molar-refractivity contribution in [3.05, 3.63) is 57.6 Å². The summed E-state index contributed by atoms with van der Waals surface area (Å²) in [6.07, 6.45) is 3.64. The predicted octanol–water partition coefficient (Wildman–Crippen LogP) is 2.94. The van der Waals surface area contributed by atoms with Gasteiger partial charge in [0.15, 0.2) is 0 Å². The van der Waals surface area contributed by atoms with Crippen molar-refractivity contribution >= 4 is 28.2 Å². The normalized spacial score (nSPS) is 11.0. The number of halogens is 1. The van der Waals surface area contributed by atoms with E-state index in [0.717, 1.165) is 17.6 Å². The molecule has 0 aliphatic rings. The number of nitrogens with zero attached hydrogens (tertiary/aromatic N) is 3. The van der Waals surface area contributed by atoms with Crippen LogP contribution in [-0.2, 0) is 13.6 Å². The summed E-state index contributed by atoms with van der Waals surface area (Å²) in [7, 11) is 1.59. The van der Waals surface area contributed by atoms with Crippen molar-refractivity contribution in [1.82, 2.24) is 14.8 Å². The number of rotatable bonds is 4. The molecule has 2 aromatic heterocycles. The monoisotopic (exact) mass is 316 g/mol. The minimum Gasteiger partial charge on any atom is -0.365 e. The Morgan fingerprint density at radius 3 is 2.91 bits per heavy atom. The molecule has 0 atom stereocenters. The molecule has 0 saturated carbocycles. The maximum Gasteiger partial charge on any atom is 0.287 e. The predicted molar refractivity (Wildman–Crippen MR) is 89.5 cm³/mol. The largest absolute Gasteiger partial charge is 0.365 e. The standard InChI is InChI=1S/C16H17ClN4O/c1-3-21(14-9-19-20(2)16(22)15(14)17)10-11-8-18-13-7-5-4-6-12(11)13/h4-9,18H,3,10H2,1-2H3. The van der Waals surface area contributed by atoms with Crippen LogP contribution in [0.2, 0.25) is 5.02 Å². The molecule has 6 heteroatoms. The van der Waals surface area contributed by atoms with Crippen LogP contribution in [0, 0.1) is 0 Å². The lowest BCUT2D eigenvalue weighted by Crippen LogP contribution is -2.27. The molecular formula is C16H17ClN4O. The third-order valence-electron chi connectivity index (χ3n) is 3.82. The van der Waals surface area contributed by atoms with E-state index in [2.05, 4.69) is 16.1 Å². The van der Waals surface area contributed by atoms with Crippen molar-refractivity contribution in [1.29, 1.82) is 0 Å². The highest BCUT2D eigenvalue weighted by Crippen LogP contribution is 2.25. The SMILES string of the molecule is CCN(Cc1c[nH]c2ccccc12)c1cnn(C)c(=O)c1Cl. The third-order valence-corrected chi connectivity index (χ3v) is 4.17. The van der Waals surface area contributed by atoms with Gasteiger partial charge in [-0.15, -0.1) is 0 Å².